The van der Waals surface area contributed by atoms with Gasteiger partial charge in [0, 0.05) is 19.2 Å². The van der Waals surface area contributed by atoms with Gasteiger partial charge in [-0.05, 0) is 13.5 Å². The monoisotopic (exact) mass is 197 g/mol. The Bertz CT molecular complexity index is 344. The first kappa shape index (κ1) is 10.7. The second-order valence-electron chi connectivity index (χ2n) is 3.06. The molecule has 1 aromatic heterocycles. The topological polar surface area (TPSA) is 70.1 Å². The van der Waals surface area contributed by atoms with Crippen molar-refractivity contribution in [2.45, 2.75) is 13.3 Å². The molecule has 78 valence electrons. The molecule has 1 rings (SSSR count). The minimum Gasteiger partial charge on any atom is -0.465 e. The number of hydrogen-bond donors (Lipinski definition) is 1. The summed E-state index contributed by atoms with van der Waals surface area (Å²) in [6, 6.07) is 0. The summed E-state index contributed by atoms with van der Waals surface area (Å²) in [6.45, 7) is 2.31. The van der Waals surface area contributed by atoms with Crippen molar-refractivity contribution in [3.8, 4) is 0 Å². The van der Waals surface area contributed by atoms with Gasteiger partial charge in [0.05, 0.1) is 12.8 Å². The molecular weight excluding hydrogens is 182 g/mol. The highest BCUT2D eigenvalue weighted by atomic mass is 16.5. The van der Waals surface area contributed by atoms with Crippen LogP contribution < -0.4 is 5.73 Å². The molecule has 0 aromatic carbocycles. The van der Waals surface area contributed by atoms with Crippen LogP contribution in [0.4, 0.5) is 0 Å². The van der Waals surface area contributed by atoms with Crippen molar-refractivity contribution in [2.75, 3.05) is 13.7 Å². The largest absolute Gasteiger partial charge is 0.465 e. The SMILES string of the molecule is COC(=O)c1c(CCN)nn(C)c1C. The summed E-state index contributed by atoms with van der Waals surface area (Å²) in [7, 11) is 3.16. The smallest absolute Gasteiger partial charge is 0.341 e. The quantitative estimate of drug-likeness (QED) is 0.693. The summed E-state index contributed by atoms with van der Waals surface area (Å²) >= 11 is 0. The van der Waals surface area contributed by atoms with Crippen LogP contribution in [0.15, 0.2) is 0 Å². The molecule has 0 unspecified atom stereocenters. The second kappa shape index (κ2) is 4.23. The highest BCUT2D eigenvalue weighted by Crippen LogP contribution is 2.14. The first-order valence-corrected chi connectivity index (χ1v) is 4.42. The molecule has 0 bridgehead atoms. The lowest BCUT2D eigenvalue weighted by atomic mass is 10.1. The number of nitrogens with zero attached hydrogens (tertiary/aromatic N) is 2. The fourth-order valence-electron chi connectivity index (χ4n) is 1.36. The highest BCUT2D eigenvalue weighted by molar-refractivity contribution is 5.91. The first-order valence-electron chi connectivity index (χ1n) is 4.42. The van der Waals surface area contributed by atoms with Crippen LogP contribution in [0.25, 0.3) is 0 Å². The molecule has 1 heterocycles. The molecule has 2 N–H and O–H groups in total. The second-order valence-corrected chi connectivity index (χ2v) is 3.06. The van der Waals surface area contributed by atoms with Crippen LogP contribution in [0.2, 0.25) is 0 Å². The number of carbonyl (C=O) groups is 1. The van der Waals surface area contributed by atoms with Gasteiger partial charge in [-0.15, -0.1) is 0 Å². The molecule has 14 heavy (non-hydrogen) atoms. The molecule has 0 fully saturated rings. The van der Waals surface area contributed by atoms with E-state index in [-0.39, 0.29) is 5.97 Å². The maximum Gasteiger partial charge on any atom is 0.341 e. The molecule has 0 saturated heterocycles. The third-order valence-electron chi connectivity index (χ3n) is 2.18. The lowest BCUT2D eigenvalue weighted by Crippen LogP contribution is -2.09. The zero-order valence-corrected chi connectivity index (χ0v) is 8.70. The van der Waals surface area contributed by atoms with Crippen LogP contribution in [0, 0.1) is 6.92 Å². The fraction of sp³-hybridized carbons (Fsp3) is 0.556. The molecule has 0 aliphatic rings. The molecule has 0 saturated carbocycles. The van der Waals surface area contributed by atoms with Crippen LogP contribution in [-0.4, -0.2) is 29.4 Å². The Hall–Kier alpha value is -1.36. The minimum atomic E-state index is -0.348. The number of rotatable bonds is 3. The van der Waals surface area contributed by atoms with Gasteiger partial charge >= 0.3 is 5.97 Å². The van der Waals surface area contributed by atoms with E-state index in [0.29, 0.717) is 24.2 Å². The molecule has 0 amide bonds. The Morgan fingerprint density at radius 3 is 2.79 bits per heavy atom. The molecular formula is C9H15N3O2. The Morgan fingerprint density at radius 1 is 1.64 bits per heavy atom. The Morgan fingerprint density at radius 2 is 2.29 bits per heavy atom. The van der Waals surface area contributed by atoms with E-state index in [0.717, 1.165) is 5.69 Å². The summed E-state index contributed by atoms with van der Waals surface area (Å²) < 4.78 is 6.35. The van der Waals surface area contributed by atoms with E-state index in [1.54, 1.807) is 11.7 Å². The standard InChI is InChI=1S/C9H15N3O2/c1-6-8(9(13)14-3)7(4-5-10)11-12(6)2/h4-5,10H2,1-3H3. The average Bonchev–Trinajstić information content (AvgIpc) is 2.43. The van der Waals surface area contributed by atoms with Gasteiger partial charge in [0.1, 0.15) is 5.56 Å². The van der Waals surface area contributed by atoms with Crippen molar-refractivity contribution in [1.29, 1.82) is 0 Å². The predicted octanol–water partition coefficient (Wildman–Crippen LogP) is 0.0163. The number of aryl methyl sites for hydroxylation is 1. The van der Waals surface area contributed by atoms with Gasteiger partial charge in [0.15, 0.2) is 0 Å². The molecule has 5 heteroatoms. The van der Waals surface area contributed by atoms with Crippen LogP contribution in [-0.2, 0) is 18.2 Å². The van der Waals surface area contributed by atoms with E-state index in [2.05, 4.69) is 9.84 Å². The summed E-state index contributed by atoms with van der Waals surface area (Å²) in [5.74, 6) is -0.348. The molecule has 0 aliphatic carbocycles. The number of nitrogens with two attached hydrogens (primary N) is 1. The van der Waals surface area contributed by atoms with Crippen molar-refractivity contribution in [3.63, 3.8) is 0 Å². The fourth-order valence-corrected chi connectivity index (χ4v) is 1.36. The van der Waals surface area contributed by atoms with Gasteiger partial charge in [-0.25, -0.2) is 4.79 Å². The van der Waals surface area contributed by atoms with Crippen LogP contribution in [0.3, 0.4) is 0 Å². The zero-order chi connectivity index (χ0) is 10.7. The Labute approximate surface area is 82.8 Å². The predicted molar refractivity (Wildman–Crippen MR) is 52.0 cm³/mol. The van der Waals surface area contributed by atoms with Crippen molar-refractivity contribution in [2.24, 2.45) is 12.8 Å². The minimum absolute atomic E-state index is 0.348. The first-order chi connectivity index (χ1) is 6.61. The van der Waals surface area contributed by atoms with Crippen molar-refractivity contribution >= 4 is 5.97 Å². The van der Waals surface area contributed by atoms with Crippen molar-refractivity contribution < 1.29 is 9.53 Å². The maximum absolute atomic E-state index is 11.4. The van der Waals surface area contributed by atoms with Crippen molar-refractivity contribution in [1.82, 2.24) is 9.78 Å². The van der Waals surface area contributed by atoms with Gasteiger partial charge in [0.2, 0.25) is 0 Å². The van der Waals surface area contributed by atoms with E-state index in [9.17, 15) is 4.79 Å². The third-order valence-corrected chi connectivity index (χ3v) is 2.18. The molecule has 0 aliphatic heterocycles. The van der Waals surface area contributed by atoms with Gasteiger partial charge in [-0.1, -0.05) is 0 Å². The maximum atomic E-state index is 11.4. The van der Waals surface area contributed by atoms with E-state index in [1.165, 1.54) is 7.11 Å². The van der Waals surface area contributed by atoms with E-state index in [1.807, 2.05) is 6.92 Å². The number of aromatic nitrogens is 2. The number of hydrogen-bond acceptors (Lipinski definition) is 4. The third kappa shape index (κ3) is 1.77. The molecule has 1 aromatic rings. The molecule has 0 spiro atoms. The summed E-state index contributed by atoms with van der Waals surface area (Å²) in [5.41, 5.74) is 7.48. The highest BCUT2D eigenvalue weighted by Gasteiger charge is 2.19. The number of esters is 1. The van der Waals surface area contributed by atoms with Gasteiger partial charge in [-0.3, -0.25) is 4.68 Å². The summed E-state index contributed by atoms with van der Waals surface area (Å²) in [6.07, 6.45) is 0.589. The molecule has 5 nitrogen and oxygen atoms in total. The van der Waals surface area contributed by atoms with E-state index >= 15 is 0 Å². The number of methoxy groups -OCH3 is 1. The van der Waals surface area contributed by atoms with Crippen LogP contribution in [0.1, 0.15) is 21.7 Å². The van der Waals surface area contributed by atoms with E-state index < -0.39 is 0 Å². The number of carbonyl (C=O) groups excluding carboxylic acids is 1. The lowest BCUT2D eigenvalue weighted by Gasteiger charge is -2.00. The van der Waals surface area contributed by atoms with E-state index in [4.69, 9.17) is 5.73 Å². The van der Waals surface area contributed by atoms with Gasteiger partial charge in [-0.2, -0.15) is 5.10 Å². The number of ether oxygens (including phenoxy) is 1. The summed E-state index contributed by atoms with van der Waals surface area (Å²) in [4.78, 5) is 11.4. The molecule has 0 atom stereocenters. The van der Waals surface area contributed by atoms with Crippen LogP contribution >= 0.6 is 0 Å². The zero-order valence-electron chi connectivity index (χ0n) is 8.70. The Balaban J connectivity index is 3.15. The van der Waals surface area contributed by atoms with Gasteiger partial charge in [0.25, 0.3) is 0 Å². The lowest BCUT2D eigenvalue weighted by molar-refractivity contribution is 0.0598. The van der Waals surface area contributed by atoms with Crippen molar-refractivity contribution in [3.05, 3.63) is 17.0 Å². The summed E-state index contributed by atoms with van der Waals surface area (Å²) in [5, 5.41) is 4.20. The molecule has 0 radical (unpaired) electrons. The van der Waals surface area contributed by atoms with Gasteiger partial charge < -0.3 is 10.5 Å². The average molecular weight is 197 g/mol. The normalized spacial score (nSPS) is 10.3. The van der Waals surface area contributed by atoms with Crippen LogP contribution in [0.5, 0.6) is 0 Å². The Kier molecular flexibility index (Phi) is 3.24.